The number of nitrogens with zero attached hydrogens (tertiary/aromatic N) is 2. The molecule has 25 heavy (non-hydrogen) atoms. The third kappa shape index (κ3) is 8.84. The minimum absolute atomic E-state index is 0.113. The SMILES string of the molecule is CCS(=O)(=O)NCCCNC(=NC)NCC(C(C)C)N1CCOCC1. The number of hydrogen-bond acceptors (Lipinski definition) is 5. The maximum atomic E-state index is 11.4. The van der Waals surface area contributed by atoms with Crippen LogP contribution in [0.25, 0.3) is 0 Å². The van der Waals surface area contributed by atoms with Gasteiger partial charge in [-0.2, -0.15) is 0 Å². The molecule has 9 heteroatoms. The van der Waals surface area contributed by atoms with Gasteiger partial charge in [0.25, 0.3) is 0 Å². The number of sulfonamides is 1. The third-order valence-electron chi connectivity index (χ3n) is 4.33. The number of rotatable bonds is 10. The van der Waals surface area contributed by atoms with Crippen molar-refractivity contribution in [2.24, 2.45) is 10.9 Å². The maximum Gasteiger partial charge on any atom is 0.211 e. The molecule has 0 bridgehead atoms. The monoisotopic (exact) mass is 377 g/mol. The summed E-state index contributed by atoms with van der Waals surface area (Å²) in [4.78, 5) is 6.71. The number of aliphatic imine (C=N–C) groups is 1. The van der Waals surface area contributed by atoms with Crippen LogP contribution in [0.3, 0.4) is 0 Å². The van der Waals surface area contributed by atoms with Crippen molar-refractivity contribution < 1.29 is 13.2 Å². The molecule has 1 rings (SSSR count). The summed E-state index contributed by atoms with van der Waals surface area (Å²) < 4.78 is 30.7. The molecule has 8 nitrogen and oxygen atoms in total. The zero-order chi connectivity index (χ0) is 18.7. The fraction of sp³-hybridized carbons (Fsp3) is 0.938. The van der Waals surface area contributed by atoms with E-state index >= 15 is 0 Å². The number of guanidine groups is 1. The molecule has 0 aliphatic carbocycles. The standard InChI is InChI=1S/C16H35N5O3S/c1-5-25(22,23)20-8-6-7-18-16(17-4)19-13-15(14(2)3)21-9-11-24-12-10-21/h14-15,20H,5-13H2,1-4H3,(H2,17,18,19). The van der Waals surface area contributed by atoms with E-state index in [-0.39, 0.29) is 5.75 Å². The van der Waals surface area contributed by atoms with E-state index in [1.807, 2.05) is 0 Å². The molecule has 0 spiro atoms. The Kier molecular flexibility index (Phi) is 10.3. The van der Waals surface area contributed by atoms with Crippen LogP contribution in [-0.4, -0.2) is 84.1 Å². The molecule has 1 aliphatic rings. The summed E-state index contributed by atoms with van der Waals surface area (Å²) in [5.74, 6) is 1.39. The smallest absolute Gasteiger partial charge is 0.211 e. The van der Waals surface area contributed by atoms with Crippen LogP contribution >= 0.6 is 0 Å². The average Bonchev–Trinajstić information content (AvgIpc) is 2.60. The van der Waals surface area contributed by atoms with Crippen LogP contribution in [0.15, 0.2) is 4.99 Å². The summed E-state index contributed by atoms with van der Waals surface area (Å²) in [6.07, 6.45) is 0.705. The van der Waals surface area contributed by atoms with Gasteiger partial charge in [0, 0.05) is 45.8 Å². The van der Waals surface area contributed by atoms with Crippen molar-refractivity contribution in [3.63, 3.8) is 0 Å². The van der Waals surface area contributed by atoms with Gasteiger partial charge in [-0.3, -0.25) is 9.89 Å². The quantitative estimate of drug-likeness (QED) is 0.278. The maximum absolute atomic E-state index is 11.4. The van der Waals surface area contributed by atoms with Gasteiger partial charge in [0.2, 0.25) is 10.0 Å². The zero-order valence-corrected chi connectivity index (χ0v) is 16.9. The Hall–Kier alpha value is -0.900. The van der Waals surface area contributed by atoms with Crippen LogP contribution in [0.5, 0.6) is 0 Å². The summed E-state index contributed by atoms with van der Waals surface area (Å²) in [7, 11) is -1.36. The first kappa shape index (κ1) is 22.1. The molecule has 0 aromatic carbocycles. The van der Waals surface area contributed by atoms with E-state index in [9.17, 15) is 8.42 Å². The van der Waals surface area contributed by atoms with Crippen LogP contribution in [0.1, 0.15) is 27.2 Å². The fourth-order valence-electron chi connectivity index (χ4n) is 2.74. The lowest BCUT2D eigenvalue weighted by Gasteiger charge is -2.37. The highest BCUT2D eigenvalue weighted by Crippen LogP contribution is 2.12. The molecule has 1 unspecified atom stereocenters. The Morgan fingerprint density at radius 3 is 2.44 bits per heavy atom. The topological polar surface area (TPSA) is 95.1 Å². The predicted molar refractivity (Wildman–Crippen MR) is 102 cm³/mol. The molecule has 148 valence electrons. The molecule has 1 heterocycles. The van der Waals surface area contributed by atoms with Gasteiger partial charge in [-0.15, -0.1) is 0 Å². The molecule has 0 radical (unpaired) electrons. The first-order chi connectivity index (χ1) is 11.9. The third-order valence-corrected chi connectivity index (χ3v) is 5.74. The normalized spacial score (nSPS) is 18.4. The van der Waals surface area contributed by atoms with Gasteiger partial charge in [-0.25, -0.2) is 13.1 Å². The molecule has 0 saturated carbocycles. The number of nitrogens with one attached hydrogen (secondary N) is 3. The van der Waals surface area contributed by atoms with Gasteiger partial charge >= 0.3 is 0 Å². The fourth-order valence-corrected chi connectivity index (χ4v) is 3.40. The first-order valence-electron chi connectivity index (χ1n) is 9.13. The van der Waals surface area contributed by atoms with E-state index in [2.05, 4.69) is 39.1 Å². The second-order valence-corrected chi connectivity index (χ2v) is 8.59. The van der Waals surface area contributed by atoms with Crippen molar-refractivity contribution in [3.05, 3.63) is 0 Å². The van der Waals surface area contributed by atoms with Crippen molar-refractivity contribution in [2.75, 3.05) is 58.7 Å². The molecule has 3 N–H and O–H groups in total. The minimum atomic E-state index is -3.11. The van der Waals surface area contributed by atoms with E-state index in [0.29, 0.717) is 31.5 Å². The number of hydrogen-bond donors (Lipinski definition) is 3. The van der Waals surface area contributed by atoms with Gasteiger partial charge in [0.1, 0.15) is 0 Å². The second-order valence-electron chi connectivity index (χ2n) is 6.49. The van der Waals surface area contributed by atoms with Crippen LogP contribution in [0.2, 0.25) is 0 Å². The zero-order valence-electron chi connectivity index (χ0n) is 16.0. The van der Waals surface area contributed by atoms with E-state index in [0.717, 1.165) is 38.8 Å². The van der Waals surface area contributed by atoms with Gasteiger partial charge in [-0.1, -0.05) is 13.8 Å². The highest BCUT2D eigenvalue weighted by Gasteiger charge is 2.23. The number of ether oxygens (including phenoxy) is 1. The van der Waals surface area contributed by atoms with Gasteiger partial charge < -0.3 is 15.4 Å². The van der Waals surface area contributed by atoms with Gasteiger partial charge in [-0.05, 0) is 19.3 Å². The molecule has 0 aromatic heterocycles. The van der Waals surface area contributed by atoms with Crippen molar-refractivity contribution in [1.82, 2.24) is 20.3 Å². The molecule has 1 saturated heterocycles. The summed E-state index contributed by atoms with van der Waals surface area (Å²) >= 11 is 0. The van der Waals surface area contributed by atoms with Crippen molar-refractivity contribution in [3.8, 4) is 0 Å². The lowest BCUT2D eigenvalue weighted by atomic mass is 10.0. The molecular formula is C16H35N5O3S. The Labute approximate surface area is 152 Å². The lowest BCUT2D eigenvalue weighted by Crippen LogP contribution is -2.52. The highest BCUT2D eigenvalue weighted by atomic mass is 32.2. The van der Waals surface area contributed by atoms with Crippen LogP contribution in [0.4, 0.5) is 0 Å². The largest absolute Gasteiger partial charge is 0.379 e. The lowest BCUT2D eigenvalue weighted by molar-refractivity contribution is 0.00752. The van der Waals surface area contributed by atoms with E-state index in [1.54, 1.807) is 14.0 Å². The summed E-state index contributed by atoms with van der Waals surface area (Å²) in [5, 5.41) is 6.62. The predicted octanol–water partition coefficient (Wildman–Crippen LogP) is -0.162. The van der Waals surface area contributed by atoms with Crippen LogP contribution in [0, 0.1) is 5.92 Å². The highest BCUT2D eigenvalue weighted by molar-refractivity contribution is 7.89. The van der Waals surface area contributed by atoms with Crippen LogP contribution in [-0.2, 0) is 14.8 Å². The average molecular weight is 378 g/mol. The van der Waals surface area contributed by atoms with E-state index in [4.69, 9.17) is 4.74 Å². The summed E-state index contributed by atoms with van der Waals surface area (Å²) in [6, 6.07) is 0.429. The second kappa shape index (κ2) is 11.7. The molecule has 0 aromatic rings. The Morgan fingerprint density at radius 1 is 1.20 bits per heavy atom. The Balaban J connectivity index is 2.32. The molecule has 1 fully saturated rings. The molecule has 1 aliphatic heterocycles. The van der Waals surface area contributed by atoms with Crippen molar-refractivity contribution in [2.45, 2.75) is 33.2 Å². The van der Waals surface area contributed by atoms with Crippen molar-refractivity contribution >= 4 is 16.0 Å². The minimum Gasteiger partial charge on any atom is -0.379 e. The number of morpholine rings is 1. The Morgan fingerprint density at radius 2 is 1.88 bits per heavy atom. The molecule has 1 atom stereocenters. The van der Waals surface area contributed by atoms with Gasteiger partial charge in [0.05, 0.1) is 19.0 Å². The van der Waals surface area contributed by atoms with Crippen LogP contribution < -0.4 is 15.4 Å². The molecular weight excluding hydrogens is 342 g/mol. The summed E-state index contributed by atoms with van der Waals surface area (Å²) in [6.45, 7) is 11.5. The Bertz CT molecular complexity index is 490. The molecule has 0 amide bonds. The van der Waals surface area contributed by atoms with Crippen molar-refractivity contribution in [1.29, 1.82) is 0 Å². The van der Waals surface area contributed by atoms with E-state index in [1.165, 1.54) is 0 Å². The summed E-state index contributed by atoms with van der Waals surface area (Å²) in [5.41, 5.74) is 0. The van der Waals surface area contributed by atoms with E-state index < -0.39 is 10.0 Å². The first-order valence-corrected chi connectivity index (χ1v) is 10.8. The van der Waals surface area contributed by atoms with Gasteiger partial charge in [0.15, 0.2) is 5.96 Å².